The van der Waals surface area contributed by atoms with E-state index in [-0.39, 0.29) is 5.78 Å². The smallest absolute Gasteiger partial charge is 0.162 e. The Kier molecular flexibility index (Phi) is 3.85. The van der Waals surface area contributed by atoms with Crippen molar-refractivity contribution in [3.8, 4) is 0 Å². The van der Waals surface area contributed by atoms with Gasteiger partial charge in [0.2, 0.25) is 0 Å². The van der Waals surface area contributed by atoms with E-state index in [0.29, 0.717) is 6.42 Å². The molecule has 2 nitrogen and oxygen atoms in total. The molecule has 0 fully saturated rings. The van der Waals surface area contributed by atoms with Crippen LogP contribution in [0.1, 0.15) is 23.7 Å². The van der Waals surface area contributed by atoms with Gasteiger partial charge in [-0.3, -0.25) is 4.79 Å². The summed E-state index contributed by atoms with van der Waals surface area (Å²) in [6.45, 7) is 1.88. The summed E-state index contributed by atoms with van der Waals surface area (Å²) >= 11 is 3.33. The molecule has 0 radical (unpaired) electrons. The molecule has 0 saturated heterocycles. The van der Waals surface area contributed by atoms with Crippen LogP contribution in [0, 0.1) is 0 Å². The van der Waals surface area contributed by atoms with E-state index in [4.69, 9.17) is 0 Å². The molecule has 0 atom stereocenters. The highest BCUT2D eigenvalue weighted by Gasteiger charge is 2.06. The zero-order chi connectivity index (χ0) is 13.9. The van der Waals surface area contributed by atoms with Crippen molar-refractivity contribution in [2.24, 2.45) is 0 Å². The third-order valence-corrected chi connectivity index (χ3v) is 5.08. The van der Waals surface area contributed by atoms with Crippen molar-refractivity contribution >= 4 is 39.1 Å². The second-order valence-corrected chi connectivity index (χ2v) is 6.70. The minimum atomic E-state index is 0.182. The van der Waals surface area contributed by atoms with E-state index in [1.165, 1.54) is 4.70 Å². The fraction of sp³-hybridized carbons (Fsp3) is 0.125. The third-order valence-electron chi connectivity index (χ3n) is 2.98. The van der Waals surface area contributed by atoms with Gasteiger partial charge >= 0.3 is 0 Å². The van der Waals surface area contributed by atoms with Gasteiger partial charge in [-0.05, 0) is 24.3 Å². The number of carbonyl (C=O) groups is 1. The first-order valence-electron chi connectivity index (χ1n) is 6.43. The molecule has 0 aliphatic rings. The number of nitrogens with zero attached hydrogens (tertiary/aromatic N) is 1. The maximum atomic E-state index is 11.6. The van der Waals surface area contributed by atoms with Crippen LogP contribution in [-0.2, 0) is 0 Å². The summed E-state index contributed by atoms with van der Waals surface area (Å²) in [7, 11) is 0. The SMILES string of the molecule is CCC(=O)c1ccc(Sc2nc3ccccc3s2)cc1. The zero-order valence-electron chi connectivity index (χ0n) is 11.0. The van der Waals surface area contributed by atoms with Gasteiger partial charge in [-0.15, -0.1) is 11.3 Å². The molecular weight excluding hydrogens is 286 g/mol. The topological polar surface area (TPSA) is 30.0 Å². The molecule has 1 aromatic heterocycles. The van der Waals surface area contributed by atoms with Gasteiger partial charge in [0.15, 0.2) is 10.1 Å². The Labute approximate surface area is 125 Å². The first kappa shape index (κ1) is 13.3. The molecule has 0 N–H and O–H groups in total. The number of para-hydroxylation sites is 1. The number of carbonyl (C=O) groups excluding carboxylic acids is 1. The van der Waals surface area contributed by atoms with E-state index >= 15 is 0 Å². The van der Waals surface area contributed by atoms with Crippen molar-refractivity contribution in [3.05, 3.63) is 54.1 Å². The lowest BCUT2D eigenvalue weighted by atomic mass is 10.1. The van der Waals surface area contributed by atoms with Gasteiger partial charge in [-0.25, -0.2) is 4.98 Å². The van der Waals surface area contributed by atoms with Gasteiger partial charge in [0.1, 0.15) is 0 Å². The van der Waals surface area contributed by atoms with Crippen molar-refractivity contribution < 1.29 is 4.79 Å². The highest BCUT2D eigenvalue weighted by atomic mass is 32.2. The highest BCUT2D eigenvalue weighted by molar-refractivity contribution is 8.01. The van der Waals surface area contributed by atoms with Crippen molar-refractivity contribution in [1.82, 2.24) is 4.98 Å². The average Bonchev–Trinajstić information content (AvgIpc) is 2.89. The lowest BCUT2D eigenvalue weighted by molar-refractivity contribution is 0.0988. The normalized spacial score (nSPS) is 10.8. The summed E-state index contributed by atoms with van der Waals surface area (Å²) < 4.78 is 2.23. The number of aromatic nitrogens is 1. The van der Waals surface area contributed by atoms with Gasteiger partial charge in [-0.2, -0.15) is 0 Å². The van der Waals surface area contributed by atoms with Crippen LogP contribution in [0.4, 0.5) is 0 Å². The molecule has 0 amide bonds. The van der Waals surface area contributed by atoms with Crippen LogP contribution in [0.2, 0.25) is 0 Å². The van der Waals surface area contributed by atoms with Gasteiger partial charge in [0.25, 0.3) is 0 Å². The Balaban J connectivity index is 1.82. The lowest BCUT2D eigenvalue weighted by Crippen LogP contribution is -1.95. The first-order chi connectivity index (χ1) is 9.76. The summed E-state index contributed by atoms with van der Waals surface area (Å²) in [6, 6.07) is 15.9. The Morgan fingerprint density at radius 1 is 1.15 bits per heavy atom. The average molecular weight is 299 g/mol. The van der Waals surface area contributed by atoms with Crippen molar-refractivity contribution in [2.45, 2.75) is 22.6 Å². The van der Waals surface area contributed by atoms with Crippen molar-refractivity contribution in [1.29, 1.82) is 0 Å². The monoisotopic (exact) mass is 299 g/mol. The molecule has 2 aromatic carbocycles. The zero-order valence-corrected chi connectivity index (χ0v) is 12.6. The molecule has 0 unspecified atom stereocenters. The predicted molar refractivity (Wildman–Crippen MR) is 84.8 cm³/mol. The maximum absolute atomic E-state index is 11.6. The number of thiazole rings is 1. The van der Waals surface area contributed by atoms with Crippen LogP contribution in [0.5, 0.6) is 0 Å². The number of rotatable bonds is 4. The molecule has 0 aliphatic carbocycles. The van der Waals surface area contributed by atoms with Crippen LogP contribution >= 0.6 is 23.1 Å². The van der Waals surface area contributed by atoms with Crippen LogP contribution in [0.15, 0.2) is 57.8 Å². The van der Waals surface area contributed by atoms with E-state index < -0.39 is 0 Å². The lowest BCUT2D eigenvalue weighted by Gasteiger charge is -2.00. The highest BCUT2D eigenvalue weighted by Crippen LogP contribution is 2.34. The standard InChI is InChI=1S/C16H13NOS2/c1-2-14(18)11-7-9-12(10-8-11)19-16-17-13-5-3-4-6-15(13)20-16/h3-10H,2H2,1H3. The summed E-state index contributed by atoms with van der Waals surface area (Å²) in [5, 5.41) is 0. The van der Waals surface area contributed by atoms with E-state index in [2.05, 4.69) is 11.1 Å². The molecule has 0 spiro atoms. The van der Waals surface area contributed by atoms with Gasteiger partial charge < -0.3 is 0 Å². The molecule has 3 aromatic rings. The van der Waals surface area contributed by atoms with Gasteiger partial charge in [0.05, 0.1) is 10.2 Å². The fourth-order valence-electron chi connectivity index (χ4n) is 1.91. The minimum Gasteiger partial charge on any atom is -0.294 e. The number of hydrogen-bond donors (Lipinski definition) is 0. The number of ketones is 1. The molecule has 0 aliphatic heterocycles. The quantitative estimate of drug-likeness (QED) is 0.632. The van der Waals surface area contributed by atoms with E-state index in [9.17, 15) is 4.79 Å². The van der Waals surface area contributed by atoms with E-state index in [1.54, 1.807) is 23.1 Å². The fourth-order valence-corrected chi connectivity index (χ4v) is 3.95. The summed E-state index contributed by atoms with van der Waals surface area (Å²) in [5.41, 5.74) is 1.82. The molecule has 0 bridgehead atoms. The number of benzene rings is 2. The second-order valence-electron chi connectivity index (χ2n) is 4.35. The molecule has 1 heterocycles. The molecule has 100 valence electrons. The Morgan fingerprint density at radius 3 is 2.60 bits per heavy atom. The largest absolute Gasteiger partial charge is 0.294 e. The number of Topliss-reactive ketones (excluding diaryl/α,β-unsaturated/α-hetero) is 1. The Hall–Kier alpha value is -1.65. The van der Waals surface area contributed by atoms with Gasteiger partial charge in [0, 0.05) is 16.9 Å². The number of hydrogen-bond acceptors (Lipinski definition) is 4. The van der Waals surface area contributed by atoms with Crippen LogP contribution < -0.4 is 0 Å². The van der Waals surface area contributed by atoms with Crippen molar-refractivity contribution in [3.63, 3.8) is 0 Å². The van der Waals surface area contributed by atoms with Crippen molar-refractivity contribution in [2.75, 3.05) is 0 Å². The maximum Gasteiger partial charge on any atom is 0.162 e. The summed E-state index contributed by atoms with van der Waals surface area (Å²) in [6.07, 6.45) is 0.546. The van der Waals surface area contributed by atoms with Crippen LogP contribution in [0.25, 0.3) is 10.2 Å². The first-order valence-corrected chi connectivity index (χ1v) is 8.06. The van der Waals surface area contributed by atoms with Crippen LogP contribution in [-0.4, -0.2) is 10.8 Å². The molecule has 20 heavy (non-hydrogen) atoms. The second kappa shape index (κ2) is 5.77. The van der Waals surface area contributed by atoms with Gasteiger partial charge in [-0.1, -0.05) is 43.0 Å². The summed E-state index contributed by atoms with van der Waals surface area (Å²) in [4.78, 5) is 17.3. The Morgan fingerprint density at radius 2 is 1.90 bits per heavy atom. The molecule has 0 saturated carbocycles. The molecule has 3 rings (SSSR count). The molecular formula is C16H13NOS2. The summed E-state index contributed by atoms with van der Waals surface area (Å²) in [5.74, 6) is 0.182. The molecule has 4 heteroatoms. The number of fused-ring (bicyclic) bond motifs is 1. The predicted octanol–water partition coefficient (Wildman–Crippen LogP) is 5.04. The Bertz CT molecular complexity index is 714. The van der Waals surface area contributed by atoms with E-state index in [1.807, 2.05) is 49.4 Å². The van der Waals surface area contributed by atoms with E-state index in [0.717, 1.165) is 20.3 Å². The third kappa shape index (κ3) is 2.76. The van der Waals surface area contributed by atoms with Crippen LogP contribution in [0.3, 0.4) is 0 Å². The minimum absolute atomic E-state index is 0.182.